The van der Waals surface area contributed by atoms with Crippen molar-refractivity contribution in [2.75, 3.05) is 0 Å². The second-order valence-electron chi connectivity index (χ2n) is 3.87. The zero-order valence-corrected chi connectivity index (χ0v) is 10.9. The summed E-state index contributed by atoms with van der Waals surface area (Å²) >= 11 is 1.65. The van der Waals surface area contributed by atoms with Crippen LogP contribution in [0.15, 0.2) is 60.0 Å². The molecular weight excluding hydrogens is 256 g/mol. The molecule has 1 aliphatic rings. The molecule has 4 rings (SSSR count). The van der Waals surface area contributed by atoms with Gasteiger partial charge in [0, 0.05) is 17.3 Å². The van der Waals surface area contributed by atoms with Crippen LogP contribution in [0.3, 0.4) is 0 Å². The first-order chi connectivity index (χ1) is 9.43. The number of rotatable bonds is 0. The Hall–Kier alpha value is -2.27. The molecule has 4 nitrogen and oxygen atoms in total. The summed E-state index contributed by atoms with van der Waals surface area (Å²) in [5.74, 6) is 0. The van der Waals surface area contributed by atoms with Crippen molar-refractivity contribution in [2.45, 2.75) is 4.90 Å². The first-order valence-electron chi connectivity index (χ1n) is 5.85. The van der Waals surface area contributed by atoms with Gasteiger partial charge in [-0.15, -0.1) is 0 Å². The largest absolute Gasteiger partial charge is 0.343 e. The summed E-state index contributed by atoms with van der Waals surface area (Å²) in [5.41, 5.74) is 3.06. The quantitative estimate of drug-likeness (QED) is 0.615. The van der Waals surface area contributed by atoms with Gasteiger partial charge in [0.2, 0.25) is 0 Å². The SMILES string of the molecule is C1=Cc2ccccc2SN1.c1cnc2nc[nH]c2c1. The molecule has 2 aromatic heterocycles. The predicted octanol–water partition coefficient (Wildman–Crippen LogP) is 3.23. The number of aromatic nitrogens is 3. The average molecular weight is 268 g/mol. The molecule has 0 atom stereocenters. The Morgan fingerprint density at radius 3 is 2.84 bits per heavy atom. The zero-order valence-electron chi connectivity index (χ0n) is 10.1. The Balaban J connectivity index is 0.000000117. The third-order valence-corrected chi connectivity index (χ3v) is 3.46. The van der Waals surface area contributed by atoms with E-state index >= 15 is 0 Å². The molecule has 0 aliphatic carbocycles. The Labute approximate surface area is 115 Å². The maximum absolute atomic E-state index is 4.00. The molecule has 5 heteroatoms. The Kier molecular flexibility index (Phi) is 3.47. The van der Waals surface area contributed by atoms with E-state index in [2.05, 4.69) is 43.9 Å². The highest BCUT2D eigenvalue weighted by Crippen LogP contribution is 2.23. The van der Waals surface area contributed by atoms with Crippen LogP contribution in [0.25, 0.3) is 17.2 Å². The van der Waals surface area contributed by atoms with Gasteiger partial charge >= 0.3 is 0 Å². The number of imidazole rings is 1. The third-order valence-electron chi connectivity index (χ3n) is 2.61. The lowest BCUT2D eigenvalue weighted by Gasteiger charge is -2.08. The second kappa shape index (κ2) is 5.58. The lowest BCUT2D eigenvalue weighted by atomic mass is 10.2. The lowest BCUT2D eigenvalue weighted by molar-refractivity contribution is 1.30. The van der Waals surface area contributed by atoms with E-state index in [0.29, 0.717) is 0 Å². The van der Waals surface area contributed by atoms with Crippen LogP contribution in [0.4, 0.5) is 0 Å². The minimum absolute atomic E-state index is 0.775. The van der Waals surface area contributed by atoms with Crippen molar-refractivity contribution in [1.82, 2.24) is 19.7 Å². The summed E-state index contributed by atoms with van der Waals surface area (Å²) < 4.78 is 3.08. The van der Waals surface area contributed by atoms with E-state index < -0.39 is 0 Å². The molecule has 94 valence electrons. The molecule has 2 N–H and O–H groups in total. The van der Waals surface area contributed by atoms with Crippen molar-refractivity contribution < 1.29 is 0 Å². The van der Waals surface area contributed by atoms with E-state index in [1.54, 1.807) is 24.5 Å². The number of benzene rings is 1. The minimum Gasteiger partial charge on any atom is -0.343 e. The summed E-state index contributed by atoms with van der Waals surface area (Å²) in [6.07, 6.45) is 7.39. The molecule has 0 amide bonds. The summed E-state index contributed by atoms with van der Waals surface area (Å²) in [4.78, 5) is 12.2. The van der Waals surface area contributed by atoms with Crippen LogP contribution in [0.1, 0.15) is 5.56 Å². The van der Waals surface area contributed by atoms with Crippen LogP contribution in [0, 0.1) is 0 Å². The summed E-state index contributed by atoms with van der Waals surface area (Å²) in [7, 11) is 0. The van der Waals surface area contributed by atoms with Crippen molar-refractivity contribution in [2.24, 2.45) is 0 Å². The number of nitrogens with one attached hydrogen (secondary N) is 2. The maximum atomic E-state index is 4.00. The van der Waals surface area contributed by atoms with Crippen molar-refractivity contribution >= 4 is 29.2 Å². The molecule has 0 spiro atoms. The normalized spacial score (nSPS) is 12.2. The predicted molar refractivity (Wildman–Crippen MR) is 78.4 cm³/mol. The molecule has 0 saturated heterocycles. The van der Waals surface area contributed by atoms with Crippen LogP contribution in [0.5, 0.6) is 0 Å². The highest BCUT2D eigenvalue weighted by Gasteiger charge is 2.00. The fourth-order valence-corrected chi connectivity index (χ4v) is 2.37. The molecule has 0 fully saturated rings. The van der Waals surface area contributed by atoms with E-state index in [-0.39, 0.29) is 0 Å². The molecule has 1 aliphatic heterocycles. The van der Waals surface area contributed by atoms with Gasteiger partial charge in [0.15, 0.2) is 5.65 Å². The number of nitrogens with zero attached hydrogens (tertiary/aromatic N) is 2. The highest BCUT2D eigenvalue weighted by atomic mass is 32.2. The first-order valence-corrected chi connectivity index (χ1v) is 6.67. The maximum Gasteiger partial charge on any atom is 0.177 e. The molecule has 3 heterocycles. The lowest BCUT2D eigenvalue weighted by Crippen LogP contribution is -1.96. The molecule has 0 saturated carbocycles. The number of hydrogen-bond donors (Lipinski definition) is 2. The Bertz CT molecular complexity index is 675. The number of fused-ring (bicyclic) bond motifs is 2. The molecule has 0 bridgehead atoms. The van der Waals surface area contributed by atoms with Crippen LogP contribution in [0.2, 0.25) is 0 Å². The molecule has 3 aromatic rings. The Morgan fingerprint density at radius 2 is 1.95 bits per heavy atom. The third kappa shape index (κ3) is 2.77. The van der Waals surface area contributed by atoms with Gasteiger partial charge in [0.05, 0.1) is 11.8 Å². The van der Waals surface area contributed by atoms with Crippen molar-refractivity contribution in [3.05, 3.63) is 60.7 Å². The second-order valence-corrected chi connectivity index (χ2v) is 4.75. The van der Waals surface area contributed by atoms with E-state index in [1.165, 1.54) is 10.5 Å². The fourth-order valence-electron chi connectivity index (χ4n) is 1.71. The van der Waals surface area contributed by atoms with E-state index in [0.717, 1.165) is 11.2 Å². The topological polar surface area (TPSA) is 53.6 Å². The Morgan fingerprint density at radius 1 is 1.00 bits per heavy atom. The van der Waals surface area contributed by atoms with Crippen LogP contribution >= 0.6 is 11.9 Å². The van der Waals surface area contributed by atoms with Gasteiger partial charge in [0.25, 0.3) is 0 Å². The number of pyridine rings is 1. The number of aromatic amines is 1. The van der Waals surface area contributed by atoms with Gasteiger partial charge in [-0.25, -0.2) is 9.97 Å². The van der Waals surface area contributed by atoms with E-state index in [9.17, 15) is 0 Å². The number of H-pyrrole nitrogens is 1. The first kappa shape index (κ1) is 11.8. The van der Waals surface area contributed by atoms with Crippen LogP contribution < -0.4 is 4.72 Å². The number of hydrogen-bond acceptors (Lipinski definition) is 4. The smallest absolute Gasteiger partial charge is 0.177 e. The summed E-state index contributed by atoms with van der Waals surface area (Å²) in [5, 5.41) is 0. The molecule has 0 unspecified atom stereocenters. The molecule has 19 heavy (non-hydrogen) atoms. The van der Waals surface area contributed by atoms with Crippen LogP contribution in [-0.2, 0) is 0 Å². The van der Waals surface area contributed by atoms with Gasteiger partial charge in [0.1, 0.15) is 0 Å². The monoisotopic (exact) mass is 268 g/mol. The highest BCUT2D eigenvalue weighted by molar-refractivity contribution is 7.97. The van der Waals surface area contributed by atoms with Crippen LogP contribution in [-0.4, -0.2) is 15.0 Å². The summed E-state index contributed by atoms with van der Waals surface area (Å²) in [6, 6.07) is 12.1. The average Bonchev–Trinajstić information content (AvgIpc) is 2.96. The van der Waals surface area contributed by atoms with E-state index in [1.807, 2.05) is 24.4 Å². The molecular formula is C14H12N4S. The summed E-state index contributed by atoms with van der Waals surface area (Å²) in [6.45, 7) is 0. The molecule has 0 radical (unpaired) electrons. The zero-order chi connectivity index (χ0) is 12.9. The van der Waals surface area contributed by atoms with Gasteiger partial charge in [-0.05, 0) is 41.8 Å². The van der Waals surface area contributed by atoms with Crippen molar-refractivity contribution in [3.8, 4) is 0 Å². The van der Waals surface area contributed by atoms with Gasteiger partial charge < -0.3 is 9.71 Å². The van der Waals surface area contributed by atoms with Crippen molar-refractivity contribution in [3.63, 3.8) is 0 Å². The van der Waals surface area contributed by atoms with E-state index in [4.69, 9.17) is 0 Å². The fraction of sp³-hybridized carbons (Fsp3) is 0. The van der Waals surface area contributed by atoms with Gasteiger partial charge in [-0.3, -0.25) is 0 Å². The van der Waals surface area contributed by atoms with Crippen molar-refractivity contribution in [1.29, 1.82) is 0 Å². The van der Waals surface area contributed by atoms with Gasteiger partial charge in [-0.2, -0.15) is 0 Å². The molecule has 1 aromatic carbocycles. The van der Waals surface area contributed by atoms with Gasteiger partial charge in [-0.1, -0.05) is 18.2 Å². The minimum atomic E-state index is 0.775. The standard InChI is InChI=1S/C8H7NS.C6H5N3/c1-2-4-8-7(3-1)5-6-9-10-8;1-2-5-6(7-3-1)9-4-8-5/h1-6,9H;1-4H,(H,7,8,9).